The second kappa shape index (κ2) is 9.10. The Morgan fingerprint density at radius 3 is 2.62 bits per heavy atom. The molecule has 0 spiro atoms. The summed E-state index contributed by atoms with van der Waals surface area (Å²) in [5.74, 6) is -1.47. The van der Waals surface area contributed by atoms with Gasteiger partial charge in [-0.25, -0.2) is 18.4 Å². The van der Waals surface area contributed by atoms with Gasteiger partial charge < -0.3 is 15.3 Å². The molecule has 1 saturated heterocycles. The predicted molar refractivity (Wildman–Crippen MR) is 109 cm³/mol. The maximum absolute atomic E-state index is 14.7. The molecule has 0 aliphatic carbocycles. The van der Waals surface area contributed by atoms with Crippen LogP contribution in [0.25, 0.3) is 0 Å². The lowest BCUT2D eigenvalue weighted by Gasteiger charge is -2.45. The smallest absolute Gasteiger partial charge is 0.169 e. The van der Waals surface area contributed by atoms with Gasteiger partial charge in [0.15, 0.2) is 5.11 Å². The second-order valence-corrected chi connectivity index (χ2v) is 7.56. The lowest BCUT2D eigenvalue weighted by Crippen LogP contribution is -2.59. The van der Waals surface area contributed by atoms with Crippen LogP contribution in [-0.4, -0.2) is 73.5 Å². The number of aliphatic hydroxyl groups is 1. The van der Waals surface area contributed by atoms with Gasteiger partial charge in [-0.05, 0) is 32.1 Å². The lowest BCUT2D eigenvalue weighted by molar-refractivity contribution is -0.0705. The van der Waals surface area contributed by atoms with E-state index in [1.54, 1.807) is 0 Å². The number of hydrogen-bond donors (Lipinski definition) is 2. The second-order valence-electron chi connectivity index (χ2n) is 7.18. The largest absolute Gasteiger partial charge is 0.381 e. The molecule has 0 unspecified atom stereocenters. The van der Waals surface area contributed by atoms with Crippen molar-refractivity contribution < 1.29 is 13.9 Å². The highest BCUT2D eigenvalue weighted by Crippen LogP contribution is 2.33. The van der Waals surface area contributed by atoms with Crippen LogP contribution < -0.4 is 5.32 Å². The SMILES string of the molecule is CCNC(=S)N1CCN([C@H](C)[C@](O)(Cn2cncn2)c2ccc(F)cc2F)CC1. The fourth-order valence-electron chi connectivity index (χ4n) is 3.72. The monoisotopic (exact) mass is 424 g/mol. The minimum atomic E-state index is -1.63. The Balaban J connectivity index is 1.83. The Labute approximate surface area is 174 Å². The van der Waals surface area contributed by atoms with E-state index in [0.717, 1.165) is 18.7 Å². The van der Waals surface area contributed by atoms with Crippen molar-refractivity contribution in [2.75, 3.05) is 32.7 Å². The van der Waals surface area contributed by atoms with Crippen LogP contribution in [0.2, 0.25) is 0 Å². The molecule has 158 valence electrons. The highest BCUT2D eigenvalue weighted by Gasteiger charge is 2.42. The Morgan fingerprint density at radius 1 is 1.31 bits per heavy atom. The van der Waals surface area contributed by atoms with E-state index in [9.17, 15) is 13.9 Å². The summed E-state index contributed by atoms with van der Waals surface area (Å²) >= 11 is 5.38. The zero-order valence-electron chi connectivity index (χ0n) is 16.6. The molecule has 2 atom stereocenters. The van der Waals surface area contributed by atoms with Crippen LogP contribution in [0.4, 0.5) is 8.78 Å². The highest BCUT2D eigenvalue weighted by atomic mass is 32.1. The number of hydrogen-bond acceptors (Lipinski definition) is 5. The van der Waals surface area contributed by atoms with E-state index < -0.39 is 23.3 Å². The first-order valence-corrected chi connectivity index (χ1v) is 10.0. The lowest BCUT2D eigenvalue weighted by atomic mass is 9.85. The number of benzene rings is 1. The number of nitrogens with one attached hydrogen (secondary N) is 1. The van der Waals surface area contributed by atoms with E-state index >= 15 is 0 Å². The van der Waals surface area contributed by atoms with Crippen LogP contribution in [0.3, 0.4) is 0 Å². The predicted octanol–water partition coefficient (Wildman–Crippen LogP) is 1.34. The van der Waals surface area contributed by atoms with Gasteiger partial charge in [-0.15, -0.1) is 0 Å². The summed E-state index contributed by atoms with van der Waals surface area (Å²) in [5.41, 5.74) is -1.59. The number of aromatic nitrogens is 3. The first-order chi connectivity index (χ1) is 13.8. The van der Waals surface area contributed by atoms with Crippen LogP contribution in [0.5, 0.6) is 0 Å². The molecule has 1 aliphatic heterocycles. The first-order valence-electron chi connectivity index (χ1n) is 9.62. The van der Waals surface area contributed by atoms with Gasteiger partial charge in [0, 0.05) is 50.4 Å². The summed E-state index contributed by atoms with van der Waals surface area (Å²) in [6, 6.07) is 2.79. The van der Waals surface area contributed by atoms with E-state index in [1.807, 2.05) is 13.8 Å². The standard InChI is InChI=1S/C19H26F2N6OS/c1-3-23-18(29)26-8-6-25(7-9-26)14(2)19(28,11-27-13-22-12-24-27)16-5-4-15(20)10-17(16)21/h4-5,10,12-14,28H,3,6-9,11H2,1-2H3,(H,23,29)/t14-,19-/m1/s1. The zero-order valence-corrected chi connectivity index (χ0v) is 17.4. The zero-order chi connectivity index (χ0) is 21.0. The van der Waals surface area contributed by atoms with Gasteiger partial charge >= 0.3 is 0 Å². The number of rotatable bonds is 6. The fourth-order valence-corrected chi connectivity index (χ4v) is 4.05. The van der Waals surface area contributed by atoms with Crippen LogP contribution in [0.1, 0.15) is 19.4 Å². The summed E-state index contributed by atoms with van der Waals surface area (Å²) in [5, 5.41) is 19.6. The maximum atomic E-state index is 14.7. The first kappa shape index (κ1) is 21.5. The van der Waals surface area contributed by atoms with Crippen molar-refractivity contribution in [2.24, 2.45) is 0 Å². The average molecular weight is 425 g/mol. The molecule has 1 fully saturated rings. The number of halogens is 2. The van der Waals surface area contributed by atoms with Crippen LogP contribution in [0, 0.1) is 11.6 Å². The topological polar surface area (TPSA) is 69.4 Å². The van der Waals surface area contributed by atoms with E-state index in [0.29, 0.717) is 31.3 Å². The molecule has 10 heteroatoms. The molecule has 1 aromatic carbocycles. The molecule has 1 aromatic heterocycles. The van der Waals surface area contributed by atoms with Gasteiger partial charge in [0.1, 0.15) is 29.9 Å². The molecule has 0 radical (unpaired) electrons. The van der Waals surface area contributed by atoms with Crippen molar-refractivity contribution in [2.45, 2.75) is 32.0 Å². The average Bonchev–Trinajstić information content (AvgIpc) is 3.20. The molecule has 0 bridgehead atoms. The minimum absolute atomic E-state index is 0.00721. The minimum Gasteiger partial charge on any atom is -0.381 e. The molecule has 1 aliphatic rings. The van der Waals surface area contributed by atoms with Gasteiger partial charge in [-0.2, -0.15) is 5.10 Å². The normalized spacial score (nSPS) is 18.3. The molecule has 7 nitrogen and oxygen atoms in total. The highest BCUT2D eigenvalue weighted by molar-refractivity contribution is 7.80. The molecule has 0 amide bonds. The van der Waals surface area contributed by atoms with E-state index in [2.05, 4.69) is 25.2 Å². The summed E-state index contributed by atoms with van der Waals surface area (Å²) in [4.78, 5) is 8.07. The quantitative estimate of drug-likeness (QED) is 0.679. The number of thiocarbonyl (C=S) groups is 1. The van der Waals surface area contributed by atoms with Gasteiger partial charge in [-0.3, -0.25) is 4.90 Å². The third-order valence-electron chi connectivity index (χ3n) is 5.44. The van der Waals surface area contributed by atoms with Crippen molar-refractivity contribution in [1.29, 1.82) is 0 Å². The molecule has 2 heterocycles. The summed E-state index contributed by atoms with van der Waals surface area (Å²) in [6.07, 6.45) is 2.82. The van der Waals surface area contributed by atoms with E-state index in [-0.39, 0.29) is 12.1 Å². The Morgan fingerprint density at radius 2 is 2.03 bits per heavy atom. The van der Waals surface area contributed by atoms with Gasteiger partial charge in [0.25, 0.3) is 0 Å². The summed E-state index contributed by atoms with van der Waals surface area (Å²) in [7, 11) is 0. The number of piperazine rings is 1. The van der Waals surface area contributed by atoms with Crippen molar-refractivity contribution in [3.63, 3.8) is 0 Å². The van der Waals surface area contributed by atoms with Crippen molar-refractivity contribution >= 4 is 17.3 Å². The van der Waals surface area contributed by atoms with Crippen LogP contribution >= 0.6 is 12.2 Å². The number of nitrogens with zero attached hydrogens (tertiary/aromatic N) is 5. The molecule has 29 heavy (non-hydrogen) atoms. The van der Waals surface area contributed by atoms with Gasteiger partial charge in [0.05, 0.1) is 6.54 Å². The molecular formula is C19H26F2N6OS. The maximum Gasteiger partial charge on any atom is 0.169 e. The molecule has 2 aromatic rings. The Bertz CT molecular complexity index is 828. The molecule has 2 N–H and O–H groups in total. The Kier molecular flexibility index (Phi) is 6.76. The molecular weight excluding hydrogens is 398 g/mol. The van der Waals surface area contributed by atoms with Crippen LogP contribution in [0.15, 0.2) is 30.9 Å². The van der Waals surface area contributed by atoms with Crippen molar-refractivity contribution in [1.82, 2.24) is 29.9 Å². The van der Waals surface area contributed by atoms with E-state index in [1.165, 1.54) is 23.4 Å². The van der Waals surface area contributed by atoms with Crippen molar-refractivity contribution in [3.05, 3.63) is 48.1 Å². The van der Waals surface area contributed by atoms with Crippen molar-refractivity contribution in [3.8, 4) is 0 Å². The molecule has 3 rings (SSSR count). The van der Waals surface area contributed by atoms with E-state index in [4.69, 9.17) is 12.2 Å². The van der Waals surface area contributed by atoms with Gasteiger partial charge in [-0.1, -0.05) is 6.07 Å². The summed E-state index contributed by atoms with van der Waals surface area (Å²) < 4.78 is 29.6. The summed E-state index contributed by atoms with van der Waals surface area (Å²) in [6.45, 7) is 7.28. The van der Waals surface area contributed by atoms with Gasteiger partial charge in [0.2, 0.25) is 0 Å². The van der Waals surface area contributed by atoms with Crippen LogP contribution in [-0.2, 0) is 12.1 Å². The third-order valence-corrected chi connectivity index (χ3v) is 5.84. The third kappa shape index (κ3) is 4.71. The fraction of sp³-hybridized carbons (Fsp3) is 0.526. The Hall–Kier alpha value is -2.17. The molecule has 0 saturated carbocycles.